The number of carbonyl (C=O) groups is 1. The summed E-state index contributed by atoms with van der Waals surface area (Å²) < 4.78 is 12.0. The third-order valence-corrected chi connectivity index (χ3v) is 4.18. The molecule has 2 heterocycles. The average molecular weight is 439 g/mol. The van der Waals surface area contributed by atoms with E-state index in [2.05, 4.69) is 31.0 Å². The molecule has 2 aromatic heterocycles. The number of hydrogen-bond donors (Lipinski definition) is 1. The summed E-state index contributed by atoms with van der Waals surface area (Å²) in [6.07, 6.45) is -0.791. The first-order chi connectivity index (χ1) is 15.6. The van der Waals surface area contributed by atoms with Crippen molar-refractivity contribution in [2.75, 3.05) is 18.5 Å². The van der Waals surface area contributed by atoms with E-state index in [1.54, 1.807) is 25.2 Å². The van der Waals surface area contributed by atoms with Crippen LogP contribution in [0.15, 0.2) is 53.7 Å². The Morgan fingerprint density at radius 1 is 1.19 bits per heavy atom. The molecular formula is C21H25N7O4. The van der Waals surface area contributed by atoms with E-state index in [0.717, 1.165) is 5.56 Å². The molecule has 168 valence electrons. The van der Waals surface area contributed by atoms with Gasteiger partial charge in [-0.05, 0) is 36.4 Å². The van der Waals surface area contributed by atoms with Crippen molar-refractivity contribution in [2.24, 2.45) is 12.2 Å². The topological polar surface area (TPSA) is 126 Å². The number of oxime groups is 1. The number of ether oxygens (including phenoxy) is 2. The van der Waals surface area contributed by atoms with Gasteiger partial charge in [0.05, 0.1) is 11.8 Å². The van der Waals surface area contributed by atoms with E-state index in [1.807, 2.05) is 44.2 Å². The zero-order chi connectivity index (χ0) is 22.8. The van der Waals surface area contributed by atoms with Gasteiger partial charge < -0.3 is 14.3 Å². The summed E-state index contributed by atoms with van der Waals surface area (Å²) in [6.45, 7) is 4.49. The molecule has 3 aromatic rings. The second-order valence-corrected chi connectivity index (χ2v) is 6.71. The summed E-state index contributed by atoms with van der Waals surface area (Å²) in [5.41, 5.74) is 1.86. The molecule has 1 unspecified atom stereocenters. The minimum Gasteiger partial charge on any atom is -0.447 e. The molecule has 11 nitrogen and oxygen atoms in total. The fourth-order valence-corrected chi connectivity index (χ4v) is 2.71. The second-order valence-electron chi connectivity index (χ2n) is 6.71. The number of nitrogens with one attached hydrogen (secondary N) is 1. The van der Waals surface area contributed by atoms with Crippen molar-refractivity contribution in [3.63, 3.8) is 0 Å². The Balaban J connectivity index is 1.63. The maximum atomic E-state index is 12.0. The van der Waals surface area contributed by atoms with E-state index < -0.39 is 6.09 Å². The van der Waals surface area contributed by atoms with Gasteiger partial charge >= 0.3 is 6.09 Å². The van der Waals surface area contributed by atoms with Crippen LogP contribution in [-0.2, 0) is 28.0 Å². The van der Waals surface area contributed by atoms with Crippen molar-refractivity contribution in [1.82, 2.24) is 25.2 Å². The molecule has 0 fully saturated rings. The van der Waals surface area contributed by atoms with Crippen molar-refractivity contribution in [1.29, 1.82) is 0 Å². The summed E-state index contributed by atoms with van der Waals surface area (Å²) in [5.74, 6) is 0.800. The number of nitrogens with zero attached hydrogens (tertiary/aromatic N) is 6. The van der Waals surface area contributed by atoms with Crippen LogP contribution in [0.4, 0.5) is 10.6 Å². The minimum atomic E-state index is -0.610. The number of anilines is 1. The maximum absolute atomic E-state index is 12.0. The van der Waals surface area contributed by atoms with Gasteiger partial charge in [-0.15, -0.1) is 5.10 Å². The minimum absolute atomic E-state index is 0.0769. The van der Waals surface area contributed by atoms with Crippen LogP contribution in [0.2, 0.25) is 0 Å². The summed E-state index contributed by atoms with van der Waals surface area (Å²) in [4.78, 5) is 21.8. The molecule has 0 bridgehead atoms. The third kappa shape index (κ3) is 6.57. The number of aryl methyl sites for hydroxylation is 1. The van der Waals surface area contributed by atoms with E-state index in [9.17, 15) is 4.79 Å². The van der Waals surface area contributed by atoms with Gasteiger partial charge in [0.2, 0.25) is 5.82 Å². The molecule has 3 rings (SSSR count). The Hall–Kier alpha value is -3.86. The number of carbonyl (C=O) groups excluding carboxylic acids is 1. The highest BCUT2D eigenvalue weighted by atomic mass is 16.6. The van der Waals surface area contributed by atoms with Gasteiger partial charge in [-0.2, -0.15) is 0 Å². The van der Waals surface area contributed by atoms with Crippen LogP contribution in [0.5, 0.6) is 0 Å². The third-order valence-electron chi connectivity index (χ3n) is 4.18. The maximum Gasteiger partial charge on any atom is 0.412 e. The Morgan fingerprint density at radius 2 is 2.00 bits per heavy atom. The molecule has 0 saturated carbocycles. The predicted octanol–water partition coefficient (Wildman–Crippen LogP) is 2.55. The lowest BCUT2D eigenvalue weighted by atomic mass is 10.1. The van der Waals surface area contributed by atoms with Crippen LogP contribution in [0, 0.1) is 0 Å². The highest BCUT2D eigenvalue weighted by Gasteiger charge is 2.15. The zero-order valence-electron chi connectivity index (χ0n) is 18.1. The summed E-state index contributed by atoms with van der Waals surface area (Å²) >= 11 is 0. The van der Waals surface area contributed by atoms with Crippen LogP contribution < -0.4 is 5.32 Å². The molecule has 0 aliphatic carbocycles. The van der Waals surface area contributed by atoms with Gasteiger partial charge in [-0.25, -0.2) is 14.5 Å². The molecule has 32 heavy (non-hydrogen) atoms. The summed E-state index contributed by atoms with van der Waals surface area (Å²) in [6, 6.07) is 14.6. The molecule has 1 N–H and O–H groups in total. The quantitative estimate of drug-likeness (QED) is 0.377. The molecule has 0 saturated heterocycles. The lowest BCUT2D eigenvalue weighted by Crippen LogP contribution is -2.22. The van der Waals surface area contributed by atoms with Crippen LogP contribution in [0.3, 0.4) is 0 Å². The number of tetrazole rings is 1. The zero-order valence-corrected chi connectivity index (χ0v) is 18.1. The van der Waals surface area contributed by atoms with Crippen molar-refractivity contribution in [2.45, 2.75) is 26.6 Å². The first-order valence-corrected chi connectivity index (χ1v) is 10.1. The van der Waals surface area contributed by atoms with Crippen LogP contribution in [0.1, 0.15) is 30.9 Å². The highest BCUT2D eigenvalue weighted by Crippen LogP contribution is 2.10. The summed E-state index contributed by atoms with van der Waals surface area (Å²) in [7, 11) is 1.72. The molecule has 0 aliphatic rings. The molecule has 0 radical (unpaired) electrons. The van der Waals surface area contributed by atoms with E-state index >= 15 is 0 Å². The fourth-order valence-electron chi connectivity index (χ4n) is 2.71. The van der Waals surface area contributed by atoms with Gasteiger partial charge in [0.25, 0.3) is 0 Å². The number of pyridine rings is 1. The van der Waals surface area contributed by atoms with E-state index in [1.165, 1.54) is 4.68 Å². The van der Waals surface area contributed by atoms with E-state index in [0.29, 0.717) is 29.7 Å². The Bertz CT molecular complexity index is 1040. The summed E-state index contributed by atoms with van der Waals surface area (Å²) in [5, 5.41) is 18.3. The predicted molar refractivity (Wildman–Crippen MR) is 116 cm³/mol. The number of benzene rings is 1. The van der Waals surface area contributed by atoms with Crippen molar-refractivity contribution in [3.05, 3.63) is 65.6 Å². The Morgan fingerprint density at radius 3 is 2.72 bits per heavy atom. The SMILES string of the molecule is CCOC(C)COC(=O)Nc1cccc(CO/N=C(/c2ccccc2)c2nnnn2C)n1. The standard InChI is InChI=1S/C21H25N7O4/c1-4-30-15(2)13-31-21(29)23-18-12-8-11-17(22-18)14-32-25-19(16-9-6-5-7-10-16)20-24-26-27-28(20)3/h5-12,15H,4,13-14H2,1-3H3,(H,22,23,29)/b25-19-. The van der Waals surface area contributed by atoms with Crippen molar-refractivity contribution < 1.29 is 19.1 Å². The number of amides is 1. The molecular weight excluding hydrogens is 414 g/mol. The Kier molecular flexibility index (Phi) is 8.21. The largest absolute Gasteiger partial charge is 0.447 e. The number of rotatable bonds is 10. The molecule has 0 spiro atoms. The average Bonchev–Trinajstić information content (AvgIpc) is 3.22. The van der Waals surface area contributed by atoms with Gasteiger partial charge in [0.15, 0.2) is 12.3 Å². The Labute approximate surface area is 185 Å². The number of hydrogen-bond acceptors (Lipinski definition) is 9. The molecule has 1 amide bonds. The molecule has 1 atom stereocenters. The molecule has 0 aliphatic heterocycles. The fraction of sp³-hybridized carbons (Fsp3) is 0.333. The van der Waals surface area contributed by atoms with Crippen LogP contribution in [0.25, 0.3) is 0 Å². The van der Waals surface area contributed by atoms with Gasteiger partial charge in [0.1, 0.15) is 12.4 Å². The molecule has 11 heteroatoms. The van der Waals surface area contributed by atoms with Gasteiger partial charge in [-0.3, -0.25) is 5.32 Å². The highest BCUT2D eigenvalue weighted by molar-refractivity contribution is 6.10. The first-order valence-electron chi connectivity index (χ1n) is 10.1. The van der Waals surface area contributed by atoms with Crippen molar-refractivity contribution in [3.8, 4) is 0 Å². The molecule has 1 aromatic carbocycles. The van der Waals surface area contributed by atoms with Crippen LogP contribution in [-0.4, -0.2) is 56.3 Å². The van der Waals surface area contributed by atoms with Gasteiger partial charge in [-0.1, -0.05) is 41.6 Å². The second kappa shape index (κ2) is 11.5. The van der Waals surface area contributed by atoms with Crippen molar-refractivity contribution >= 4 is 17.6 Å². The lowest BCUT2D eigenvalue weighted by Gasteiger charge is -2.12. The first kappa shape index (κ1) is 22.8. The smallest absolute Gasteiger partial charge is 0.412 e. The van der Waals surface area contributed by atoms with E-state index in [-0.39, 0.29) is 19.3 Å². The van der Waals surface area contributed by atoms with E-state index in [4.69, 9.17) is 14.3 Å². The van der Waals surface area contributed by atoms with Crippen LogP contribution >= 0.6 is 0 Å². The number of aromatic nitrogens is 5. The normalized spacial score (nSPS) is 12.3. The lowest BCUT2D eigenvalue weighted by molar-refractivity contribution is 0.0254. The van der Waals surface area contributed by atoms with Gasteiger partial charge in [0, 0.05) is 19.2 Å². The monoisotopic (exact) mass is 439 g/mol.